The van der Waals surface area contributed by atoms with Crippen LogP contribution in [0.15, 0.2) is 48.5 Å². The molecule has 0 heterocycles. The average molecular weight is 250 g/mol. The fourth-order valence-electron chi connectivity index (χ4n) is 3.07. The van der Waals surface area contributed by atoms with Crippen molar-refractivity contribution < 1.29 is 4.79 Å². The molecule has 0 N–H and O–H groups in total. The van der Waals surface area contributed by atoms with E-state index in [2.05, 4.69) is 37.3 Å². The molecule has 0 radical (unpaired) electrons. The van der Waals surface area contributed by atoms with Crippen LogP contribution in [-0.4, -0.2) is 5.78 Å². The predicted molar refractivity (Wildman–Crippen MR) is 78.3 cm³/mol. The molecule has 0 saturated heterocycles. The Balaban J connectivity index is 2.06. The Morgan fingerprint density at radius 2 is 1.74 bits per heavy atom. The molecule has 0 spiro atoms. The van der Waals surface area contributed by atoms with E-state index >= 15 is 0 Å². The van der Waals surface area contributed by atoms with Gasteiger partial charge in [-0.3, -0.25) is 4.79 Å². The zero-order chi connectivity index (χ0) is 13.2. The van der Waals surface area contributed by atoms with Gasteiger partial charge in [0, 0.05) is 11.5 Å². The first-order chi connectivity index (χ1) is 9.31. The Morgan fingerprint density at radius 1 is 1.00 bits per heavy atom. The van der Waals surface area contributed by atoms with E-state index in [-0.39, 0.29) is 5.92 Å². The van der Waals surface area contributed by atoms with Crippen LogP contribution in [0.25, 0.3) is 11.1 Å². The van der Waals surface area contributed by atoms with Crippen LogP contribution >= 0.6 is 0 Å². The van der Waals surface area contributed by atoms with Gasteiger partial charge in [0.1, 0.15) is 0 Å². The second-order valence-corrected chi connectivity index (χ2v) is 5.25. The summed E-state index contributed by atoms with van der Waals surface area (Å²) in [5.74, 6) is 0.541. The summed E-state index contributed by atoms with van der Waals surface area (Å²) in [5, 5.41) is 0. The molecule has 1 nitrogen and oxygen atoms in total. The van der Waals surface area contributed by atoms with Crippen molar-refractivity contribution in [2.24, 2.45) is 5.92 Å². The van der Waals surface area contributed by atoms with Crippen LogP contribution in [0.4, 0.5) is 0 Å². The van der Waals surface area contributed by atoms with E-state index in [1.807, 2.05) is 18.2 Å². The number of carbonyl (C=O) groups excluding carboxylic acids is 1. The van der Waals surface area contributed by atoms with Gasteiger partial charge in [-0.25, -0.2) is 0 Å². The second kappa shape index (κ2) is 5.00. The van der Waals surface area contributed by atoms with Crippen LogP contribution < -0.4 is 0 Å². The molecule has 0 saturated carbocycles. The van der Waals surface area contributed by atoms with E-state index in [4.69, 9.17) is 0 Å². The number of Topliss-reactive ketones (excluding diaryl/α,β-unsaturated/α-hetero) is 1. The zero-order valence-electron chi connectivity index (χ0n) is 11.2. The molecule has 1 unspecified atom stereocenters. The van der Waals surface area contributed by atoms with Crippen molar-refractivity contribution in [2.75, 3.05) is 0 Å². The third kappa shape index (κ3) is 2.10. The van der Waals surface area contributed by atoms with Gasteiger partial charge in [0.15, 0.2) is 5.78 Å². The molecule has 96 valence electrons. The minimum Gasteiger partial charge on any atom is -0.294 e. The topological polar surface area (TPSA) is 17.1 Å². The molecule has 0 aliphatic heterocycles. The summed E-state index contributed by atoms with van der Waals surface area (Å²) in [7, 11) is 0. The smallest absolute Gasteiger partial charge is 0.166 e. The van der Waals surface area contributed by atoms with E-state index in [0.29, 0.717) is 5.78 Å². The molecule has 1 aliphatic rings. The first kappa shape index (κ1) is 12.2. The molecule has 3 rings (SSSR count). The maximum absolute atomic E-state index is 12.4. The number of hydrogen-bond donors (Lipinski definition) is 0. The molecular formula is C18H18O. The SMILES string of the molecule is CCCC1Cc2c(cccc2-c2ccccc2)C1=O. The van der Waals surface area contributed by atoms with E-state index in [1.165, 1.54) is 16.7 Å². The lowest BCUT2D eigenvalue weighted by atomic mass is 9.96. The first-order valence-electron chi connectivity index (χ1n) is 7.02. The number of rotatable bonds is 3. The lowest BCUT2D eigenvalue weighted by Gasteiger charge is -2.08. The van der Waals surface area contributed by atoms with Crippen molar-refractivity contribution in [1.29, 1.82) is 0 Å². The number of carbonyl (C=O) groups is 1. The third-order valence-corrected chi connectivity index (χ3v) is 3.98. The summed E-state index contributed by atoms with van der Waals surface area (Å²) in [6, 6.07) is 16.5. The van der Waals surface area contributed by atoms with Gasteiger partial charge in [0.05, 0.1) is 0 Å². The van der Waals surface area contributed by atoms with Gasteiger partial charge in [0.25, 0.3) is 0 Å². The van der Waals surface area contributed by atoms with Gasteiger partial charge in [-0.1, -0.05) is 61.9 Å². The maximum atomic E-state index is 12.4. The van der Waals surface area contributed by atoms with Gasteiger partial charge in [-0.05, 0) is 29.5 Å². The molecule has 1 aliphatic carbocycles. The molecule has 0 fully saturated rings. The molecular weight excluding hydrogens is 232 g/mol. The molecule has 2 aromatic carbocycles. The highest BCUT2D eigenvalue weighted by Crippen LogP contribution is 2.36. The average Bonchev–Trinajstić information content (AvgIpc) is 2.77. The second-order valence-electron chi connectivity index (χ2n) is 5.25. The summed E-state index contributed by atoms with van der Waals surface area (Å²) in [4.78, 5) is 12.4. The lowest BCUT2D eigenvalue weighted by Crippen LogP contribution is -2.07. The predicted octanol–water partition coefficient (Wildman–Crippen LogP) is 4.51. The number of fused-ring (bicyclic) bond motifs is 1. The van der Waals surface area contributed by atoms with Gasteiger partial charge < -0.3 is 0 Å². The first-order valence-corrected chi connectivity index (χ1v) is 7.02. The molecule has 1 atom stereocenters. The summed E-state index contributed by atoms with van der Waals surface area (Å²) in [6.45, 7) is 2.15. The minimum absolute atomic E-state index is 0.199. The molecule has 0 amide bonds. The van der Waals surface area contributed by atoms with Crippen LogP contribution in [-0.2, 0) is 6.42 Å². The summed E-state index contributed by atoms with van der Waals surface area (Å²) in [5.41, 5.74) is 4.63. The van der Waals surface area contributed by atoms with E-state index in [1.54, 1.807) is 0 Å². The monoisotopic (exact) mass is 250 g/mol. The Kier molecular flexibility index (Phi) is 3.20. The van der Waals surface area contributed by atoms with Crippen molar-refractivity contribution in [3.63, 3.8) is 0 Å². The van der Waals surface area contributed by atoms with Crippen LogP contribution in [0.2, 0.25) is 0 Å². The van der Waals surface area contributed by atoms with Crippen LogP contribution in [0.1, 0.15) is 35.7 Å². The maximum Gasteiger partial charge on any atom is 0.166 e. The number of hydrogen-bond acceptors (Lipinski definition) is 1. The van der Waals surface area contributed by atoms with Gasteiger partial charge >= 0.3 is 0 Å². The van der Waals surface area contributed by atoms with E-state index < -0.39 is 0 Å². The zero-order valence-corrected chi connectivity index (χ0v) is 11.2. The summed E-state index contributed by atoms with van der Waals surface area (Å²) >= 11 is 0. The lowest BCUT2D eigenvalue weighted by molar-refractivity contribution is 0.0930. The Hall–Kier alpha value is -1.89. The van der Waals surface area contributed by atoms with Gasteiger partial charge in [-0.2, -0.15) is 0 Å². The third-order valence-electron chi connectivity index (χ3n) is 3.98. The number of ketones is 1. The van der Waals surface area contributed by atoms with Crippen molar-refractivity contribution in [3.05, 3.63) is 59.7 Å². The standard InChI is InChI=1S/C18H18O/c1-2-7-14-12-17-15(13-8-4-3-5-9-13)10-6-11-16(17)18(14)19/h3-6,8-11,14H,2,7,12H2,1H3. The largest absolute Gasteiger partial charge is 0.294 e. The fraction of sp³-hybridized carbons (Fsp3) is 0.278. The van der Waals surface area contributed by atoms with Crippen molar-refractivity contribution >= 4 is 5.78 Å². The summed E-state index contributed by atoms with van der Waals surface area (Å²) < 4.78 is 0. The highest BCUT2D eigenvalue weighted by atomic mass is 16.1. The Morgan fingerprint density at radius 3 is 2.47 bits per heavy atom. The van der Waals surface area contributed by atoms with Gasteiger partial charge in [-0.15, -0.1) is 0 Å². The normalized spacial score (nSPS) is 17.5. The van der Waals surface area contributed by atoms with Crippen LogP contribution in [0.5, 0.6) is 0 Å². The molecule has 2 aromatic rings. The molecule has 19 heavy (non-hydrogen) atoms. The highest BCUT2D eigenvalue weighted by Gasteiger charge is 2.31. The van der Waals surface area contributed by atoms with E-state index in [9.17, 15) is 4.79 Å². The highest BCUT2D eigenvalue weighted by molar-refractivity contribution is 6.04. The molecule has 0 aromatic heterocycles. The van der Waals surface area contributed by atoms with E-state index in [0.717, 1.165) is 24.8 Å². The Labute approximate surface area is 114 Å². The van der Waals surface area contributed by atoms with Crippen molar-refractivity contribution in [2.45, 2.75) is 26.2 Å². The van der Waals surface area contributed by atoms with Crippen LogP contribution in [0.3, 0.4) is 0 Å². The van der Waals surface area contributed by atoms with Crippen molar-refractivity contribution in [3.8, 4) is 11.1 Å². The quantitative estimate of drug-likeness (QED) is 0.783. The molecule has 0 bridgehead atoms. The molecule has 1 heteroatoms. The minimum atomic E-state index is 0.199. The number of benzene rings is 2. The fourth-order valence-corrected chi connectivity index (χ4v) is 3.07. The van der Waals surface area contributed by atoms with Crippen LogP contribution in [0, 0.1) is 5.92 Å². The van der Waals surface area contributed by atoms with Crippen molar-refractivity contribution in [1.82, 2.24) is 0 Å². The summed E-state index contributed by atoms with van der Waals surface area (Å²) in [6.07, 6.45) is 2.99. The Bertz CT molecular complexity index is 598. The van der Waals surface area contributed by atoms with Gasteiger partial charge in [0.2, 0.25) is 0 Å².